The van der Waals surface area contributed by atoms with Gasteiger partial charge in [-0.05, 0) is 32.1 Å². The number of amides is 2. The molecule has 0 spiro atoms. The molecule has 5 heteroatoms. The lowest BCUT2D eigenvalue weighted by Gasteiger charge is -2.38. The molecule has 0 aromatic heterocycles. The summed E-state index contributed by atoms with van der Waals surface area (Å²) >= 11 is 0. The van der Waals surface area contributed by atoms with E-state index in [2.05, 4.69) is 5.32 Å². The van der Waals surface area contributed by atoms with E-state index in [1.54, 1.807) is 0 Å². The van der Waals surface area contributed by atoms with Gasteiger partial charge in [-0.2, -0.15) is 0 Å². The van der Waals surface area contributed by atoms with Crippen molar-refractivity contribution in [1.29, 1.82) is 0 Å². The minimum absolute atomic E-state index is 0.0286. The second-order valence-electron chi connectivity index (χ2n) is 4.85. The van der Waals surface area contributed by atoms with Crippen LogP contribution < -0.4 is 5.32 Å². The molecule has 1 heterocycles. The van der Waals surface area contributed by atoms with Crippen LogP contribution in [-0.2, 0) is 9.59 Å². The van der Waals surface area contributed by atoms with Crippen LogP contribution in [0.4, 0.5) is 0 Å². The largest absolute Gasteiger partial charge is 0.396 e. The molecule has 2 fully saturated rings. The molecule has 2 amide bonds. The van der Waals surface area contributed by atoms with Crippen LogP contribution in [0.1, 0.15) is 38.5 Å². The first-order valence-corrected chi connectivity index (χ1v) is 6.43. The maximum absolute atomic E-state index is 12.3. The summed E-state index contributed by atoms with van der Waals surface area (Å²) in [7, 11) is 0. The van der Waals surface area contributed by atoms with Gasteiger partial charge in [-0.15, -0.1) is 0 Å². The number of carbonyl (C=O) groups is 2. The molecule has 5 nitrogen and oxygen atoms in total. The van der Waals surface area contributed by atoms with Crippen LogP contribution in [0, 0.1) is 0 Å². The number of aliphatic hydroxyl groups excluding tert-OH is 1. The van der Waals surface area contributed by atoms with E-state index in [4.69, 9.17) is 5.11 Å². The Kier molecular flexibility index (Phi) is 3.99. The molecule has 2 aliphatic rings. The monoisotopic (exact) mass is 240 g/mol. The third kappa shape index (κ3) is 2.77. The molecular formula is C12H20N2O3. The van der Waals surface area contributed by atoms with Gasteiger partial charge >= 0.3 is 0 Å². The van der Waals surface area contributed by atoms with Crippen LogP contribution in [-0.4, -0.2) is 47.1 Å². The average Bonchev–Trinajstić information content (AvgIpc) is 2.67. The van der Waals surface area contributed by atoms with Crippen molar-refractivity contribution in [3.05, 3.63) is 0 Å². The van der Waals surface area contributed by atoms with E-state index in [9.17, 15) is 9.59 Å². The lowest BCUT2D eigenvalue weighted by atomic mass is 9.90. The maximum atomic E-state index is 12.3. The van der Waals surface area contributed by atoms with E-state index in [1.165, 1.54) is 6.42 Å². The van der Waals surface area contributed by atoms with Crippen molar-refractivity contribution < 1.29 is 14.7 Å². The average molecular weight is 240 g/mol. The van der Waals surface area contributed by atoms with Gasteiger partial charge in [0.2, 0.25) is 11.8 Å². The van der Waals surface area contributed by atoms with Gasteiger partial charge < -0.3 is 15.3 Å². The fraction of sp³-hybridized carbons (Fsp3) is 0.833. The number of carbonyl (C=O) groups excluding carboxylic acids is 2. The number of rotatable bonds is 5. The molecule has 0 aromatic carbocycles. The number of nitrogens with one attached hydrogen (secondary N) is 1. The summed E-state index contributed by atoms with van der Waals surface area (Å²) in [6.07, 6.45) is 4.96. The van der Waals surface area contributed by atoms with Crippen molar-refractivity contribution in [3.63, 3.8) is 0 Å². The quantitative estimate of drug-likeness (QED) is 0.712. The van der Waals surface area contributed by atoms with Gasteiger partial charge in [-0.1, -0.05) is 0 Å². The fourth-order valence-corrected chi connectivity index (χ4v) is 2.41. The summed E-state index contributed by atoms with van der Waals surface area (Å²) in [4.78, 5) is 25.2. The van der Waals surface area contributed by atoms with Gasteiger partial charge in [-0.25, -0.2) is 0 Å². The molecule has 0 bridgehead atoms. The zero-order chi connectivity index (χ0) is 12.3. The summed E-state index contributed by atoms with van der Waals surface area (Å²) < 4.78 is 0. The minimum atomic E-state index is -0.332. The smallest absolute Gasteiger partial charge is 0.245 e. The normalized spacial score (nSPS) is 24.3. The van der Waals surface area contributed by atoms with Crippen LogP contribution in [0.25, 0.3) is 0 Å². The number of aliphatic hydroxyl groups is 1. The lowest BCUT2D eigenvalue weighted by molar-refractivity contribution is -0.138. The fourth-order valence-electron chi connectivity index (χ4n) is 2.41. The Morgan fingerprint density at radius 1 is 1.41 bits per heavy atom. The summed E-state index contributed by atoms with van der Waals surface area (Å²) in [5.41, 5.74) is 0. The van der Waals surface area contributed by atoms with Gasteiger partial charge in [0.25, 0.3) is 0 Å². The molecule has 1 aliphatic carbocycles. The molecule has 1 saturated carbocycles. The van der Waals surface area contributed by atoms with E-state index in [0.29, 0.717) is 31.8 Å². The third-order valence-electron chi connectivity index (χ3n) is 3.65. The first-order chi connectivity index (χ1) is 8.22. The van der Waals surface area contributed by atoms with Crippen molar-refractivity contribution in [2.75, 3.05) is 13.2 Å². The zero-order valence-corrected chi connectivity index (χ0v) is 10.0. The van der Waals surface area contributed by atoms with Crippen LogP contribution in [0.5, 0.6) is 0 Å². The number of hydrogen-bond donors (Lipinski definition) is 2. The van der Waals surface area contributed by atoms with Crippen molar-refractivity contribution in [3.8, 4) is 0 Å². The Morgan fingerprint density at radius 2 is 2.18 bits per heavy atom. The van der Waals surface area contributed by atoms with E-state index in [1.807, 2.05) is 4.90 Å². The molecule has 1 saturated heterocycles. The third-order valence-corrected chi connectivity index (χ3v) is 3.65. The highest BCUT2D eigenvalue weighted by atomic mass is 16.3. The topological polar surface area (TPSA) is 69.6 Å². The van der Waals surface area contributed by atoms with Crippen LogP contribution >= 0.6 is 0 Å². The van der Waals surface area contributed by atoms with E-state index in [0.717, 1.165) is 12.8 Å². The number of hydrogen-bond acceptors (Lipinski definition) is 3. The van der Waals surface area contributed by atoms with E-state index in [-0.39, 0.29) is 24.5 Å². The molecule has 17 heavy (non-hydrogen) atoms. The molecule has 1 atom stereocenters. The molecule has 0 aromatic rings. The van der Waals surface area contributed by atoms with Gasteiger partial charge in [0, 0.05) is 25.6 Å². The molecule has 0 unspecified atom stereocenters. The predicted octanol–water partition coefficient (Wildman–Crippen LogP) is 0.0285. The summed E-state index contributed by atoms with van der Waals surface area (Å²) in [5.74, 6) is 0.00747. The lowest BCUT2D eigenvalue weighted by Crippen LogP contribution is -2.51. The minimum Gasteiger partial charge on any atom is -0.396 e. The maximum Gasteiger partial charge on any atom is 0.245 e. The standard InChI is InChI=1S/C12H20N2O3/c15-8-2-7-14(9-3-1-4-9)12(17)10-5-6-11(16)13-10/h9-10,15H,1-8H2,(H,13,16)/t10-/m1/s1. The van der Waals surface area contributed by atoms with Gasteiger partial charge in [0.1, 0.15) is 6.04 Å². The highest BCUT2D eigenvalue weighted by Gasteiger charge is 2.35. The summed E-state index contributed by atoms with van der Waals surface area (Å²) in [5, 5.41) is 11.6. The summed E-state index contributed by atoms with van der Waals surface area (Å²) in [6, 6.07) is -0.00616. The molecule has 0 radical (unpaired) electrons. The molecule has 2 N–H and O–H groups in total. The van der Waals surface area contributed by atoms with Gasteiger partial charge in [0.05, 0.1) is 0 Å². The van der Waals surface area contributed by atoms with Gasteiger partial charge in [-0.3, -0.25) is 9.59 Å². The van der Waals surface area contributed by atoms with Crippen molar-refractivity contribution >= 4 is 11.8 Å². The Hall–Kier alpha value is -1.10. The van der Waals surface area contributed by atoms with E-state index < -0.39 is 0 Å². The Bertz CT molecular complexity index is 302. The summed E-state index contributed by atoms with van der Waals surface area (Å²) in [6.45, 7) is 0.708. The first kappa shape index (κ1) is 12.4. The SMILES string of the molecule is O=C1CC[C@H](C(=O)N(CCCO)C2CCC2)N1. The van der Waals surface area contributed by atoms with Crippen LogP contribution in [0.3, 0.4) is 0 Å². The molecule has 1 aliphatic heterocycles. The van der Waals surface area contributed by atoms with Crippen LogP contribution in [0.15, 0.2) is 0 Å². The van der Waals surface area contributed by atoms with Crippen molar-refractivity contribution in [2.24, 2.45) is 0 Å². The second kappa shape index (κ2) is 5.49. The molecule has 2 rings (SSSR count). The molecular weight excluding hydrogens is 220 g/mol. The second-order valence-corrected chi connectivity index (χ2v) is 4.85. The zero-order valence-electron chi connectivity index (χ0n) is 10.0. The van der Waals surface area contributed by atoms with E-state index >= 15 is 0 Å². The van der Waals surface area contributed by atoms with Crippen molar-refractivity contribution in [2.45, 2.75) is 50.6 Å². The Balaban J connectivity index is 1.93. The highest BCUT2D eigenvalue weighted by molar-refractivity contribution is 5.91. The Morgan fingerprint density at radius 3 is 2.65 bits per heavy atom. The number of nitrogens with zero attached hydrogens (tertiary/aromatic N) is 1. The molecule has 96 valence electrons. The van der Waals surface area contributed by atoms with Crippen molar-refractivity contribution in [1.82, 2.24) is 10.2 Å². The first-order valence-electron chi connectivity index (χ1n) is 6.43. The predicted molar refractivity (Wildman–Crippen MR) is 62.2 cm³/mol. The Labute approximate surface area is 101 Å². The highest BCUT2D eigenvalue weighted by Crippen LogP contribution is 2.26. The van der Waals surface area contributed by atoms with Crippen LogP contribution in [0.2, 0.25) is 0 Å². The van der Waals surface area contributed by atoms with Gasteiger partial charge in [0.15, 0.2) is 0 Å².